The number of rotatable bonds is 11. The maximum absolute atomic E-state index is 12.5. The van der Waals surface area contributed by atoms with Gasteiger partial charge < -0.3 is 29.8 Å². The van der Waals surface area contributed by atoms with Crippen molar-refractivity contribution >= 4 is 40.4 Å². The van der Waals surface area contributed by atoms with Crippen LogP contribution in [0.1, 0.15) is 32.8 Å². The first-order chi connectivity index (χ1) is 25.1. The number of methoxy groups -OCH3 is 1. The molecule has 1 saturated heterocycles. The fourth-order valence-corrected chi connectivity index (χ4v) is 6.13. The van der Waals surface area contributed by atoms with E-state index in [9.17, 15) is 4.79 Å². The van der Waals surface area contributed by atoms with Gasteiger partial charge in [0, 0.05) is 54.1 Å². The molecule has 5 aromatic rings. The van der Waals surface area contributed by atoms with Gasteiger partial charge in [0.25, 0.3) is 0 Å². The Morgan fingerprint density at radius 3 is 2.44 bits per heavy atom. The smallest absolute Gasteiger partial charge is 0.412 e. The minimum atomic E-state index is -0.655. The Bertz CT molecular complexity index is 2030. The van der Waals surface area contributed by atoms with E-state index in [1.165, 1.54) is 6.21 Å². The summed E-state index contributed by atoms with van der Waals surface area (Å²) in [6, 6.07) is 27.5. The van der Waals surface area contributed by atoms with Crippen LogP contribution >= 0.6 is 0 Å². The summed E-state index contributed by atoms with van der Waals surface area (Å²) in [5, 5.41) is 15.0. The lowest BCUT2D eigenvalue weighted by molar-refractivity contribution is 0.0636. The van der Waals surface area contributed by atoms with Crippen molar-refractivity contribution in [2.45, 2.75) is 32.8 Å². The number of anilines is 3. The number of aromatic nitrogens is 2. The Kier molecular flexibility index (Phi) is 11.3. The number of nitrogens with one attached hydrogen (secondary N) is 3. The molecule has 0 spiro atoms. The van der Waals surface area contributed by atoms with Crippen LogP contribution in [0.5, 0.6) is 11.5 Å². The maximum Gasteiger partial charge on any atom is 0.412 e. The normalized spacial score (nSPS) is 14.0. The minimum absolute atomic E-state index is 0.456. The topological polar surface area (TPSA) is 125 Å². The third-order valence-electron chi connectivity index (χ3n) is 8.79. The standard InChI is InChI=1S/C41H47N7O4/c1-41(2,3)52-40(49)45-34-16-15-32(24-31(34)27-42)43-39-33-25-37(51-22-21-48-18-10-17-47(4)19-20-48)36(50-5)26-35(33)44-38(46-39)30-14-9-13-29(23-30)28-11-7-6-8-12-28/h6-9,11-16,23-27,42H,10,17-22H2,1-5H3,(H,45,49)(H,43,44,46). The summed E-state index contributed by atoms with van der Waals surface area (Å²) in [7, 11) is 3.80. The first kappa shape index (κ1) is 36.3. The molecule has 2 heterocycles. The van der Waals surface area contributed by atoms with Gasteiger partial charge in [-0.2, -0.15) is 0 Å². The molecule has 0 saturated carbocycles. The van der Waals surface area contributed by atoms with Crippen molar-refractivity contribution in [2.75, 3.05) is 64.1 Å². The molecule has 0 unspecified atom stereocenters. The molecule has 270 valence electrons. The van der Waals surface area contributed by atoms with Crippen LogP contribution in [-0.4, -0.2) is 91.2 Å². The molecule has 1 aromatic heterocycles. The van der Waals surface area contributed by atoms with Gasteiger partial charge in [-0.25, -0.2) is 14.8 Å². The van der Waals surface area contributed by atoms with E-state index < -0.39 is 11.7 Å². The zero-order valence-corrected chi connectivity index (χ0v) is 30.5. The number of nitrogens with zero attached hydrogens (tertiary/aromatic N) is 4. The molecule has 6 rings (SSSR count). The van der Waals surface area contributed by atoms with Gasteiger partial charge >= 0.3 is 6.09 Å². The highest BCUT2D eigenvalue weighted by atomic mass is 16.6. The Labute approximate surface area is 305 Å². The summed E-state index contributed by atoms with van der Waals surface area (Å²) in [6.07, 6.45) is 1.73. The fraction of sp³-hybridized carbons (Fsp3) is 0.317. The SMILES string of the molecule is COc1cc2nc(-c3cccc(-c4ccccc4)c3)nc(Nc3ccc(NC(=O)OC(C)(C)C)c(C=N)c3)c2cc1OCCN1CCCN(C)CC1. The number of fused-ring (bicyclic) bond motifs is 1. The van der Waals surface area contributed by atoms with Crippen molar-refractivity contribution in [1.29, 1.82) is 5.41 Å². The predicted molar refractivity (Wildman–Crippen MR) is 208 cm³/mol. The zero-order valence-electron chi connectivity index (χ0n) is 30.5. The van der Waals surface area contributed by atoms with Crippen LogP contribution in [0.25, 0.3) is 33.4 Å². The van der Waals surface area contributed by atoms with Gasteiger partial charge in [-0.3, -0.25) is 10.2 Å². The predicted octanol–water partition coefficient (Wildman–Crippen LogP) is 8.08. The van der Waals surface area contributed by atoms with E-state index in [0.717, 1.165) is 61.2 Å². The lowest BCUT2D eigenvalue weighted by atomic mass is 10.0. The fourth-order valence-electron chi connectivity index (χ4n) is 6.13. The number of carbonyl (C=O) groups excluding carboxylic acids is 1. The maximum atomic E-state index is 12.5. The average molecular weight is 702 g/mol. The molecule has 1 fully saturated rings. The molecule has 4 aromatic carbocycles. The van der Waals surface area contributed by atoms with Crippen LogP contribution in [0.3, 0.4) is 0 Å². The highest BCUT2D eigenvalue weighted by Crippen LogP contribution is 2.37. The van der Waals surface area contributed by atoms with Crippen molar-refractivity contribution in [3.05, 3.63) is 90.5 Å². The van der Waals surface area contributed by atoms with Crippen LogP contribution in [-0.2, 0) is 4.74 Å². The van der Waals surface area contributed by atoms with Crippen LogP contribution in [0.4, 0.5) is 22.0 Å². The van der Waals surface area contributed by atoms with Crippen molar-refractivity contribution in [3.63, 3.8) is 0 Å². The van der Waals surface area contributed by atoms with E-state index in [4.69, 9.17) is 29.6 Å². The second-order valence-electron chi connectivity index (χ2n) is 13.9. The number of benzene rings is 4. The van der Waals surface area contributed by atoms with E-state index in [0.29, 0.717) is 52.2 Å². The monoisotopic (exact) mass is 701 g/mol. The van der Waals surface area contributed by atoms with Gasteiger partial charge in [-0.05, 0) is 88.8 Å². The zero-order chi connectivity index (χ0) is 36.7. The molecule has 1 aliphatic rings. The van der Waals surface area contributed by atoms with Gasteiger partial charge in [-0.1, -0.05) is 48.5 Å². The molecular weight excluding hydrogens is 654 g/mol. The lowest BCUT2D eigenvalue weighted by Crippen LogP contribution is -2.32. The van der Waals surface area contributed by atoms with Crippen LogP contribution in [0.15, 0.2) is 84.9 Å². The summed E-state index contributed by atoms with van der Waals surface area (Å²) in [5.41, 5.74) is 4.64. The second kappa shape index (κ2) is 16.2. The Morgan fingerprint density at radius 1 is 0.885 bits per heavy atom. The molecular formula is C41H47N7O4. The van der Waals surface area contributed by atoms with Crippen LogP contribution in [0.2, 0.25) is 0 Å². The van der Waals surface area contributed by atoms with Crippen LogP contribution in [0, 0.1) is 5.41 Å². The summed E-state index contributed by atoms with van der Waals surface area (Å²) < 4.78 is 17.6. The first-order valence-corrected chi connectivity index (χ1v) is 17.6. The molecule has 0 aliphatic carbocycles. The number of hydrogen-bond donors (Lipinski definition) is 3. The van der Waals surface area contributed by atoms with Gasteiger partial charge in [0.1, 0.15) is 18.0 Å². The van der Waals surface area contributed by atoms with E-state index in [1.807, 2.05) is 48.5 Å². The summed E-state index contributed by atoms with van der Waals surface area (Å²) in [5.74, 6) is 2.27. The molecule has 0 radical (unpaired) electrons. The van der Waals surface area contributed by atoms with Gasteiger partial charge in [0.15, 0.2) is 17.3 Å². The Hall–Kier alpha value is -5.52. The Balaban J connectivity index is 1.36. The molecule has 0 bridgehead atoms. The van der Waals surface area contributed by atoms with E-state index in [1.54, 1.807) is 40.0 Å². The molecule has 1 amide bonds. The summed E-state index contributed by atoms with van der Waals surface area (Å²) in [6.45, 7) is 10.9. The molecule has 0 atom stereocenters. The third kappa shape index (κ3) is 9.22. The first-order valence-electron chi connectivity index (χ1n) is 17.6. The third-order valence-corrected chi connectivity index (χ3v) is 8.79. The largest absolute Gasteiger partial charge is 0.493 e. The van der Waals surface area contributed by atoms with Crippen LogP contribution < -0.4 is 20.1 Å². The van der Waals surface area contributed by atoms with E-state index in [-0.39, 0.29) is 0 Å². The molecule has 11 heteroatoms. The van der Waals surface area contributed by atoms with E-state index >= 15 is 0 Å². The summed E-state index contributed by atoms with van der Waals surface area (Å²) in [4.78, 5) is 27.4. The number of amides is 1. The number of likely N-dealkylation sites (N-methyl/N-ethyl adjacent to an activating group) is 1. The Morgan fingerprint density at radius 2 is 1.67 bits per heavy atom. The van der Waals surface area contributed by atoms with Gasteiger partial charge in [0.2, 0.25) is 0 Å². The number of ether oxygens (including phenoxy) is 3. The molecule has 1 aliphatic heterocycles. The van der Waals surface area contributed by atoms with Crippen molar-refractivity contribution in [2.24, 2.45) is 0 Å². The average Bonchev–Trinajstić information content (AvgIpc) is 3.35. The highest BCUT2D eigenvalue weighted by molar-refractivity contribution is 5.97. The molecule has 11 nitrogen and oxygen atoms in total. The van der Waals surface area contributed by atoms with Gasteiger partial charge in [-0.15, -0.1) is 0 Å². The second-order valence-corrected chi connectivity index (χ2v) is 13.9. The highest BCUT2D eigenvalue weighted by Gasteiger charge is 2.19. The van der Waals surface area contributed by atoms with Crippen molar-refractivity contribution < 1.29 is 19.0 Å². The quantitative estimate of drug-likeness (QED) is 0.117. The number of hydrogen-bond acceptors (Lipinski definition) is 10. The van der Waals surface area contributed by atoms with Crippen molar-refractivity contribution in [3.8, 4) is 34.0 Å². The lowest BCUT2D eigenvalue weighted by Gasteiger charge is -2.21. The van der Waals surface area contributed by atoms with Gasteiger partial charge in [0.05, 0.1) is 18.3 Å². The van der Waals surface area contributed by atoms with Crippen molar-refractivity contribution in [1.82, 2.24) is 19.8 Å². The molecule has 3 N–H and O–H groups in total. The molecule has 52 heavy (non-hydrogen) atoms. The summed E-state index contributed by atoms with van der Waals surface area (Å²) >= 11 is 0. The number of carbonyl (C=O) groups is 1. The van der Waals surface area contributed by atoms with E-state index in [2.05, 4.69) is 51.7 Å². The minimum Gasteiger partial charge on any atom is -0.493 e.